The molecule has 0 aliphatic carbocycles. The molecule has 2 rings (SSSR count). The van der Waals surface area contributed by atoms with Crippen LogP contribution in [0.3, 0.4) is 0 Å². The highest BCUT2D eigenvalue weighted by molar-refractivity contribution is 5.92. The SMILES string of the molecule is CC(=O)Oc1c(OC/C=C(\C)CCC=C(C)C)c2cccc(OC(C)=O)c2oc1=O. The van der Waals surface area contributed by atoms with E-state index in [0.717, 1.165) is 18.4 Å². The quantitative estimate of drug-likeness (QED) is 0.267. The summed E-state index contributed by atoms with van der Waals surface area (Å²) in [6, 6.07) is 4.74. The number of benzene rings is 1. The van der Waals surface area contributed by atoms with E-state index in [4.69, 9.17) is 18.6 Å². The first-order valence-corrected chi connectivity index (χ1v) is 9.57. The second-order valence-electron chi connectivity index (χ2n) is 7.05. The normalized spacial score (nSPS) is 11.2. The zero-order valence-electron chi connectivity index (χ0n) is 17.9. The lowest BCUT2D eigenvalue weighted by molar-refractivity contribution is -0.132. The third kappa shape index (κ3) is 6.34. The van der Waals surface area contributed by atoms with Gasteiger partial charge in [0.15, 0.2) is 17.1 Å². The lowest BCUT2D eigenvalue weighted by atomic mass is 10.1. The van der Waals surface area contributed by atoms with Crippen LogP contribution in [-0.2, 0) is 9.59 Å². The molecule has 0 unspecified atom stereocenters. The van der Waals surface area contributed by atoms with Gasteiger partial charge in [0.1, 0.15) is 6.61 Å². The van der Waals surface area contributed by atoms with E-state index in [1.807, 2.05) is 13.0 Å². The third-order valence-corrected chi connectivity index (χ3v) is 4.06. The Balaban J connectivity index is 2.42. The number of carbonyl (C=O) groups is 2. The summed E-state index contributed by atoms with van der Waals surface area (Å²) in [6.45, 7) is 8.67. The summed E-state index contributed by atoms with van der Waals surface area (Å²) in [4.78, 5) is 35.3. The molecule has 7 heteroatoms. The van der Waals surface area contributed by atoms with E-state index in [9.17, 15) is 14.4 Å². The maximum absolute atomic E-state index is 12.4. The highest BCUT2D eigenvalue weighted by Crippen LogP contribution is 2.37. The van der Waals surface area contributed by atoms with Gasteiger partial charge in [-0.3, -0.25) is 9.59 Å². The molecule has 0 radical (unpaired) electrons. The Labute approximate surface area is 174 Å². The predicted molar refractivity (Wildman–Crippen MR) is 113 cm³/mol. The fourth-order valence-corrected chi connectivity index (χ4v) is 2.72. The van der Waals surface area contributed by atoms with Crippen LogP contribution in [-0.4, -0.2) is 18.5 Å². The Bertz CT molecular complexity index is 1050. The molecule has 7 nitrogen and oxygen atoms in total. The molecule has 1 aromatic carbocycles. The molecule has 0 bridgehead atoms. The molecular formula is C23H26O7. The van der Waals surface area contributed by atoms with Crippen LogP contribution >= 0.6 is 0 Å². The van der Waals surface area contributed by atoms with Gasteiger partial charge in [0.2, 0.25) is 0 Å². The van der Waals surface area contributed by atoms with Gasteiger partial charge in [-0.1, -0.05) is 23.3 Å². The van der Waals surface area contributed by atoms with Crippen molar-refractivity contribution < 1.29 is 28.2 Å². The van der Waals surface area contributed by atoms with Crippen molar-refractivity contribution in [3.05, 3.63) is 51.9 Å². The molecule has 0 fully saturated rings. The molecule has 160 valence electrons. The molecule has 0 atom stereocenters. The van der Waals surface area contributed by atoms with Crippen molar-refractivity contribution in [3.63, 3.8) is 0 Å². The minimum Gasteiger partial charge on any atom is -0.485 e. The first-order chi connectivity index (χ1) is 14.2. The summed E-state index contributed by atoms with van der Waals surface area (Å²) in [5.41, 5.74) is 1.51. The van der Waals surface area contributed by atoms with Crippen LogP contribution in [0.1, 0.15) is 47.5 Å². The first kappa shape index (κ1) is 22.9. The van der Waals surface area contributed by atoms with Crippen LogP contribution in [0.4, 0.5) is 0 Å². The van der Waals surface area contributed by atoms with Gasteiger partial charge >= 0.3 is 17.6 Å². The highest BCUT2D eigenvalue weighted by Gasteiger charge is 2.22. The van der Waals surface area contributed by atoms with Crippen molar-refractivity contribution in [2.24, 2.45) is 0 Å². The number of rotatable bonds is 8. The Morgan fingerprint density at radius 2 is 1.67 bits per heavy atom. The topological polar surface area (TPSA) is 92.0 Å². The zero-order chi connectivity index (χ0) is 22.3. The minimum absolute atomic E-state index is 0.0351. The molecule has 0 aliphatic rings. The fraction of sp³-hybridized carbons (Fsp3) is 0.348. The molecule has 30 heavy (non-hydrogen) atoms. The van der Waals surface area contributed by atoms with Crippen molar-refractivity contribution >= 4 is 22.9 Å². The Hall–Kier alpha value is -3.35. The summed E-state index contributed by atoms with van der Waals surface area (Å²) >= 11 is 0. The second-order valence-corrected chi connectivity index (χ2v) is 7.05. The average Bonchev–Trinajstić information content (AvgIpc) is 2.63. The molecule has 2 aromatic rings. The van der Waals surface area contributed by atoms with Gasteiger partial charge in [0.25, 0.3) is 5.75 Å². The number of hydrogen-bond donors (Lipinski definition) is 0. The first-order valence-electron chi connectivity index (χ1n) is 9.57. The molecule has 0 aliphatic heterocycles. The van der Waals surface area contributed by atoms with Gasteiger partial charge in [-0.2, -0.15) is 0 Å². The Kier molecular flexibility index (Phi) is 7.98. The van der Waals surface area contributed by atoms with E-state index in [1.165, 1.54) is 25.5 Å². The van der Waals surface area contributed by atoms with Crippen LogP contribution in [0.15, 0.2) is 50.7 Å². The standard InChI is InChI=1S/C23H26O7/c1-14(2)8-6-9-15(3)12-13-27-21-18-10-7-11-19(28-16(4)24)20(18)30-23(26)22(21)29-17(5)25/h7-8,10-12H,6,9,13H2,1-5H3/b15-12+. The van der Waals surface area contributed by atoms with Crippen LogP contribution in [0.5, 0.6) is 17.2 Å². The van der Waals surface area contributed by atoms with Crippen LogP contribution in [0.2, 0.25) is 0 Å². The minimum atomic E-state index is -0.906. The number of fused-ring (bicyclic) bond motifs is 1. The van der Waals surface area contributed by atoms with E-state index in [0.29, 0.717) is 5.39 Å². The number of para-hydroxylation sites is 1. The van der Waals surface area contributed by atoms with Gasteiger partial charge in [-0.15, -0.1) is 0 Å². The molecule has 0 saturated carbocycles. The van der Waals surface area contributed by atoms with E-state index in [-0.39, 0.29) is 29.4 Å². The molecule has 0 amide bonds. The maximum Gasteiger partial charge on any atom is 0.383 e. The van der Waals surface area contributed by atoms with Gasteiger partial charge in [0.05, 0.1) is 5.39 Å². The number of carbonyl (C=O) groups excluding carboxylic acids is 2. The van der Waals surface area contributed by atoms with E-state index in [1.54, 1.807) is 12.1 Å². The third-order valence-electron chi connectivity index (χ3n) is 4.06. The summed E-state index contributed by atoms with van der Waals surface area (Å²) < 4.78 is 21.2. The summed E-state index contributed by atoms with van der Waals surface area (Å²) in [7, 11) is 0. The lowest BCUT2D eigenvalue weighted by Crippen LogP contribution is -2.14. The fourth-order valence-electron chi connectivity index (χ4n) is 2.72. The van der Waals surface area contributed by atoms with E-state index < -0.39 is 17.6 Å². The lowest BCUT2D eigenvalue weighted by Gasteiger charge is -2.13. The van der Waals surface area contributed by atoms with Crippen molar-refractivity contribution in [2.45, 2.75) is 47.5 Å². The summed E-state index contributed by atoms with van der Waals surface area (Å²) in [5.74, 6) is -1.46. The Morgan fingerprint density at radius 3 is 2.30 bits per heavy atom. The van der Waals surface area contributed by atoms with Crippen molar-refractivity contribution in [1.29, 1.82) is 0 Å². The molecular weight excluding hydrogens is 388 g/mol. The zero-order valence-corrected chi connectivity index (χ0v) is 17.9. The van der Waals surface area contributed by atoms with Crippen LogP contribution in [0.25, 0.3) is 11.0 Å². The van der Waals surface area contributed by atoms with Crippen molar-refractivity contribution in [2.75, 3.05) is 6.61 Å². The molecule has 1 heterocycles. The van der Waals surface area contributed by atoms with Crippen LogP contribution < -0.4 is 19.8 Å². The summed E-state index contributed by atoms with van der Waals surface area (Å²) in [6.07, 6.45) is 5.85. The molecule has 0 N–H and O–H groups in total. The smallest absolute Gasteiger partial charge is 0.383 e. The second kappa shape index (κ2) is 10.4. The van der Waals surface area contributed by atoms with E-state index in [2.05, 4.69) is 19.9 Å². The number of hydrogen-bond acceptors (Lipinski definition) is 7. The Morgan fingerprint density at radius 1 is 0.967 bits per heavy atom. The van der Waals surface area contributed by atoms with E-state index >= 15 is 0 Å². The monoisotopic (exact) mass is 414 g/mol. The summed E-state index contributed by atoms with van der Waals surface area (Å²) in [5, 5.41) is 0.347. The molecule has 0 saturated heterocycles. The largest absolute Gasteiger partial charge is 0.485 e. The molecule has 1 aromatic heterocycles. The van der Waals surface area contributed by atoms with Crippen molar-refractivity contribution in [3.8, 4) is 17.2 Å². The van der Waals surface area contributed by atoms with Crippen molar-refractivity contribution in [1.82, 2.24) is 0 Å². The predicted octanol–water partition coefficient (Wildman–Crippen LogP) is 4.72. The van der Waals surface area contributed by atoms with Gasteiger partial charge in [-0.05, 0) is 51.8 Å². The number of ether oxygens (including phenoxy) is 3. The molecule has 0 spiro atoms. The number of esters is 2. The number of allylic oxidation sites excluding steroid dienone is 3. The van der Waals surface area contributed by atoms with Gasteiger partial charge < -0.3 is 18.6 Å². The van der Waals surface area contributed by atoms with Crippen LogP contribution in [0, 0.1) is 0 Å². The highest BCUT2D eigenvalue weighted by atomic mass is 16.6. The van der Waals surface area contributed by atoms with Gasteiger partial charge in [0, 0.05) is 13.8 Å². The van der Waals surface area contributed by atoms with Gasteiger partial charge in [-0.25, -0.2) is 4.79 Å². The average molecular weight is 414 g/mol. The maximum atomic E-state index is 12.4.